The number of carboxylic acids is 1. The molecule has 0 radical (unpaired) electrons. The van der Waals surface area contributed by atoms with Gasteiger partial charge in [0.1, 0.15) is 18.3 Å². The Balaban J connectivity index is 2.27. The summed E-state index contributed by atoms with van der Waals surface area (Å²) in [6, 6.07) is 0. The molecule has 11 heteroatoms. The Hall–Kier alpha value is -2.05. The summed E-state index contributed by atoms with van der Waals surface area (Å²) in [5, 5.41) is 39.7. The first-order valence-corrected chi connectivity index (χ1v) is 6.74. The van der Waals surface area contributed by atoms with Crippen molar-refractivity contribution in [3.63, 3.8) is 0 Å². The predicted octanol–water partition coefficient (Wildman–Crippen LogP) is -3.68. The molecular formula is C12H17N3O8. The Morgan fingerprint density at radius 2 is 2.04 bits per heavy atom. The maximum Gasteiger partial charge on any atom is 0.330 e. The summed E-state index contributed by atoms with van der Waals surface area (Å²) >= 11 is 0. The van der Waals surface area contributed by atoms with Crippen molar-refractivity contribution in [3.05, 3.63) is 32.6 Å². The van der Waals surface area contributed by atoms with E-state index in [0.717, 1.165) is 10.8 Å². The molecule has 4 atom stereocenters. The third-order valence-electron chi connectivity index (χ3n) is 3.42. The first-order valence-electron chi connectivity index (χ1n) is 6.74. The molecule has 0 aromatic carbocycles. The number of H-pyrrole nitrogens is 1. The molecule has 11 nitrogen and oxygen atoms in total. The zero-order valence-electron chi connectivity index (χ0n) is 11.9. The van der Waals surface area contributed by atoms with Crippen molar-refractivity contribution in [2.75, 3.05) is 13.2 Å². The average Bonchev–Trinajstić information content (AvgIpc) is 2.77. The molecule has 0 amide bonds. The van der Waals surface area contributed by atoms with Crippen LogP contribution in [0.3, 0.4) is 0 Å². The van der Waals surface area contributed by atoms with E-state index in [1.807, 2.05) is 4.98 Å². The lowest BCUT2D eigenvalue weighted by atomic mass is 10.1. The number of aromatic nitrogens is 2. The smallest absolute Gasteiger partial charge is 0.330 e. The van der Waals surface area contributed by atoms with Gasteiger partial charge in [0, 0.05) is 18.3 Å². The van der Waals surface area contributed by atoms with E-state index >= 15 is 0 Å². The largest absolute Gasteiger partial charge is 0.480 e. The van der Waals surface area contributed by atoms with Gasteiger partial charge in [0.05, 0.1) is 13.2 Å². The number of carboxylic acid groups (broad SMARTS) is 1. The van der Waals surface area contributed by atoms with Crippen molar-refractivity contribution in [2.24, 2.45) is 0 Å². The fourth-order valence-electron chi connectivity index (χ4n) is 2.26. The van der Waals surface area contributed by atoms with Crippen molar-refractivity contribution in [1.29, 1.82) is 0 Å². The van der Waals surface area contributed by atoms with Crippen LogP contribution in [0.5, 0.6) is 0 Å². The lowest BCUT2D eigenvalue weighted by Gasteiger charge is -2.18. The second kappa shape index (κ2) is 7.02. The number of hydrogen-bond acceptors (Lipinski definition) is 8. The number of ether oxygens (including phenoxy) is 1. The van der Waals surface area contributed by atoms with Gasteiger partial charge in [-0.3, -0.25) is 19.1 Å². The van der Waals surface area contributed by atoms with Gasteiger partial charge in [-0.1, -0.05) is 0 Å². The normalized spacial score (nSPS) is 27.3. The lowest BCUT2D eigenvalue weighted by Crippen LogP contribution is -2.39. The van der Waals surface area contributed by atoms with E-state index in [1.165, 1.54) is 0 Å². The van der Waals surface area contributed by atoms with Crippen LogP contribution in [0.2, 0.25) is 0 Å². The summed E-state index contributed by atoms with van der Waals surface area (Å²) in [5.41, 5.74) is -1.54. The SMILES string of the molecule is O=C(O)CNCc1cn([C@@H]2O[C@H](CO)C(O)[C@@H]2O)c(=O)[nH]c1=O. The minimum atomic E-state index is -1.48. The van der Waals surface area contributed by atoms with Gasteiger partial charge in [-0.15, -0.1) is 0 Å². The summed E-state index contributed by atoms with van der Waals surface area (Å²) in [4.78, 5) is 36.0. The quantitative estimate of drug-likeness (QED) is 0.307. The number of rotatable bonds is 6. The Bertz CT molecular complexity index is 684. The van der Waals surface area contributed by atoms with Gasteiger partial charge in [0.2, 0.25) is 0 Å². The second-order valence-electron chi connectivity index (χ2n) is 5.05. The topological polar surface area (TPSA) is 174 Å². The first kappa shape index (κ1) is 17.3. The average molecular weight is 331 g/mol. The van der Waals surface area contributed by atoms with E-state index in [1.54, 1.807) is 0 Å². The van der Waals surface area contributed by atoms with Crippen molar-refractivity contribution >= 4 is 5.97 Å². The first-order chi connectivity index (χ1) is 10.8. The van der Waals surface area contributed by atoms with Crippen LogP contribution < -0.4 is 16.6 Å². The van der Waals surface area contributed by atoms with Gasteiger partial charge in [0.15, 0.2) is 6.23 Å². The number of aliphatic hydroxyl groups excluding tert-OH is 3. The van der Waals surface area contributed by atoms with Gasteiger partial charge in [-0.05, 0) is 0 Å². The summed E-state index contributed by atoms with van der Waals surface area (Å²) in [5.74, 6) is -1.11. The lowest BCUT2D eigenvalue weighted by molar-refractivity contribution is -0.136. The van der Waals surface area contributed by atoms with Crippen LogP contribution in [0, 0.1) is 0 Å². The maximum atomic E-state index is 11.9. The molecule has 1 fully saturated rings. The highest BCUT2D eigenvalue weighted by molar-refractivity contribution is 5.68. The zero-order valence-corrected chi connectivity index (χ0v) is 11.9. The van der Waals surface area contributed by atoms with Gasteiger partial charge in [0.25, 0.3) is 5.56 Å². The molecule has 2 rings (SSSR count). The standard InChI is InChI=1S/C12H17N3O8/c16-4-6-8(19)9(20)11(23-6)15-3-5(1-13-2-7(17)18)10(21)14-12(15)22/h3,6,8-9,11,13,16,19-20H,1-2,4H2,(H,17,18)(H,14,21,22)/t6-,8?,9+,11-/m1/s1. The van der Waals surface area contributed by atoms with Gasteiger partial charge >= 0.3 is 11.7 Å². The number of nitrogens with zero attached hydrogens (tertiary/aromatic N) is 1. The van der Waals surface area contributed by atoms with Crippen molar-refractivity contribution in [1.82, 2.24) is 14.9 Å². The minimum absolute atomic E-state index is 0.0450. The number of hydrogen-bond donors (Lipinski definition) is 6. The highest BCUT2D eigenvalue weighted by Crippen LogP contribution is 2.27. The molecule has 0 saturated carbocycles. The van der Waals surface area contributed by atoms with Crippen LogP contribution in [0.4, 0.5) is 0 Å². The Labute approximate surface area is 128 Å². The molecule has 1 unspecified atom stereocenters. The molecule has 1 aromatic rings. The molecule has 2 heterocycles. The highest BCUT2D eigenvalue weighted by atomic mass is 16.6. The third kappa shape index (κ3) is 3.65. The molecule has 0 aliphatic carbocycles. The van der Waals surface area contributed by atoms with E-state index in [0.29, 0.717) is 0 Å². The van der Waals surface area contributed by atoms with Crippen LogP contribution >= 0.6 is 0 Å². The number of aliphatic carboxylic acids is 1. The predicted molar refractivity (Wildman–Crippen MR) is 73.7 cm³/mol. The van der Waals surface area contributed by atoms with Gasteiger partial charge in [-0.25, -0.2) is 4.79 Å². The minimum Gasteiger partial charge on any atom is -0.480 e. The number of nitrogens with one attached hydrogen (secondary N) is 2. The molecule has 0 bridgehead atoms. The zero-order chi connectivity index (χ0) is 17.1. The highest BCUT2D eigenvalue weighted by Gasteiger charge is 2.43. The van der Waals surface area contributed by atoms with Crippen LogP contribution in [-0.4, -0.2) is 67.4 Å². The number of carbonyl (C=O) groups is 1. The van der Waals surface area contributed by atoms with Gasteiger partial charge < -0.3 is 30.5 Å². The molecule has 0 spiro atoms. The van der Waals surface area contributed by atoms with Gasteiger partial charge in [-0.2, -0.15) is 0 Å². The van der Waals surface area contributed by atoms with E-state index in [2.05, 4.69) is 5.32 Å². The molecular weight excluding hydrogens is 314 g/mol. The molecule has 128 valence electrons. The molecule has 1 saturated heterocycles. The van der Waals surface area contributed by atoms with Crippen molar-refractivity contribution < 1.29 is 30.0 Å². The molecule has 6 N–H and O–H groups in total. The Morgan fingerprint density at radius 3 is 2.61 bits per heavy atom. The number of aromatic amines is 1. The van der Waals surface area contributed by atoms with Crippen molar-refractivity contribution in [3.8, 4) is 0 Å². The monoisotopic (exact) mass is 331 g/mol. The van der Waals surface area contributed by atoms with Crippen molar-refractivity contribution in [2.45, 2.75) is 31.1 Å². The summed E-state index contributed by atoms with van der Waals surface area (Å²) < 4.78 is 6.09. The third-order valence-corrected chi connectivity index (χ3v) is 3.42. The van der Waals surface area contributed by atoms with E-state index in [-0.39, 0.29) is 18.7 Å². The summed E-state index contributed by atoms with van der Waals surface area (Å²) in [7, 11) is 0. The number of aliphatic hydroxyl groups is 3. The molecule has 1 aromatic heterocycles. The van der Waals surface area contributed by atoms with E-state index in [9.17, 15) is 24.6 Å². The van der Waals surface area contributed by atoms with Crippen LogP contribution in [0.15, 0.2) is 15.8 Å². The Kier molecular flexibility index (Phi) is 5.28. The molecule has 1 aliphatic rings. The Morgan fingerprint density at radius 1 is 1.35 bits per heavy atom. The summed E-state index contributed by atoms with van der Waals surface area (Å²) in [6.07, 6.45) is -4.11. The van der Waals surface area contributed by atoms with Crippen LogP contribution in [-0.2, 0) is 16.1 Å². The molecule has 23 heavy (non-hydrogen) atoms. The van der Waals surface area contributed by atoms with E-state index < -0.39 is 48.4 Å². The van der Waals surface area contributed by atoms with E-state index in [4.69, 9.17) is 14.9 Å². The maximum absolute atomic E-state index is 11.9. The van der Waals surface area contributed by atoms with Crippen LogP contribution in [0.1, 0.15) is 11.8 Å². The summed E-state index contributed by atoms with van der Waals surface area (Å²) in [6.45, 7) is -1.07. The second-order valence-corrected chi connectivity index (χ2v) is 5.05. The van der Waals surface area contributed by atoms with Crippen LogP contribution in [0.25, 0.3) is 0 Å². The fourth-order valence-corrected chi connectivity index (χ4v) is 2.26. The molecule has 1 aliphatic heterocycles. The fraction of sp³-hybridized carbons (Fsp3) is 0.583.